The minimum absolute atomic E-state index is 0.0169. The summed E-state index contributed by atoms with van der Waals surface area (Å²) in [4.78, 5) is 24.3. The Morgan fingerprint density at radius 2 is 1.90 bits per heavy atom. The highest BCUT2D eigenvalue weighted by Crippen LogP contribution is 2.06. The molecule has 1 amide bonds. The van der Waals surface area contributed by atoms with E-state index in [1.807, 2.05) is 45.0 Å². The Morgan fingerprint density at radius 1 is 1.24 bits per heavy atom. The number of nitrogens with one attached hydrogen (secondary N) is 1. The molecule has 1 rings (SSSR count). The van der Waals surface area contributed by atoms with Gasteiger partial charge < -0.3 is 10.4 Å². The summed E-state index contributed by atoms with van der Waals surface area (Å²) >= 11 is 0. The highest BCUT2D eigenvalue weighted by Gasteiger charge is 2.16. The number of carboxylic acids is 1. The van der Waals surface area contributed by atoms with Gasteiger partial charge in [0.05, 0.1) is 13.1 Å². The smallest absolute Gasteiger partial charge is 0.317 e. The van der Waals surface area contributed by atoms with Crippen LogP contribution in [0, 0.1) is 6.92 Å². The Labute approximate surface area is 126 Å². The van der Waals surface area contributed by atoms with Crippen molar-refractivity contribution in [1.82, 2.24) is 10.2 Å². The zero-order chi connectivity index (χ0) is 15.8. The number of carbonyl (C=O) groups is 2. The first kappa shape index (κ1) is 17.2. The van der Waals surface area contributed by atoms with Crippen molar-refractivity contribution >= 4 is 11.9 Å². The summed E-state index contributed by atoms with van der Waals surface area (Å²) in [5, 5.41) is 11.7. The van der Waals surface area contributed by atoms with Crippen molar-refractivity contribution in [3.63, 3.8) is 0 Å². The Kier molecular flexibility index (Phi) is 6.88. The van der Waals surface area contributed by atoms with E-state index >= 15 is 0 Å². The summed E-state index contributed by atoms with van der Waals surface area (Å²) in [6.45, 7) is 6.35. The van der Waals surface area contributed by atoms with Crippen LogP contribution in [-0.2, 0) is 16.0 Å². The minimum Gasteiger partial charge on any atom is -0.480 e. The minimum atomic E-state index is -0.920. The van der Waals surface area contributed by atoms with E-state index in [2.05, 4.69) is 5.32 Å². The lowest BCUT2D eigenvalue weighted by molar-refractivity contribution is -0.139. The predicted molar refractivity (Wildman–Crippen MR) is 82.2 cm³/mol. The van der Waals surface area contributed by atoms with Gasteiger partial charge in [-0.3, -0.25) is 14.5 Å². The number of hydrogen-bond donors (Lipinski definition) is 2. The van der Waals surface area contributed by atoms with Crippen LogP contribution in [0.1, 0.15) is 25.0 Å². The second kappa shape index (κ2) is 8.42. The molecule has 1 aromatic carbocycles. The number of hydrogen-bond acceptors (Lipinski definition) is 3. The molecule has 0 saturated heterocycles. The lowest BCUT2D eigenvalue weighted by Gasteiger charge is -2.23. The molecule has 0 aliphatic heterocycles. The monoisotopic (exact) mass is 292 g/mol. The van der Waals surface area contributed by atoms with Crippen LogP contribution in [0.3, 0.4) is 0 Å². The first-order chi connectivity index (χ1) is 9.90. The molecule has 0 fully saturated rings. The van der Waals surface area contributed by atoms with E-state index in [1.54, 1.807) is 4.90 Å². The molecule has 0 aromatic heterocycles. The van der Waals surface area contributed by atoms with Crippen molar-refractivity contribution in [2.24, 2.45) is 0 Å². The van der Waals surface area contributed by atoms with Gasteiger partial charge in [-0.15, -0.1) is 0 Å². The molecular weight excluding hydrogens is 268 g/mol. The van der Waals surface area contributed by atoms with Gasteiger partial charge in [0, 0.05) is 12.6 Å². The van der Waals surface area contributed by atoms with Crippen LogP contribution in [0.15, 0.2) is 24.3 Å². The number of benzene rings is 1. The molecule has 0 aliphatic rings. The normalized spacial score (nSPS) is 10.9. The largest absolute Gasteiger partial charge is 0.480 e. The molecule has 21 heavy (non-hydrogen) atoms. The maximum Gasteiger partial charge on any atom is 0.317 e. The number of amides is 1. The molecular formula is C16H24N2O3. The molecule has 0 spiro atoms. The van der Waals surface area contributed by atoms with Gasteiger partial charge >= 0.3 is 5.97 Å². The third-order valence-electron chi connectivity index (χ3n) is 3.39. The highest BCUT2D eigenvalue weighted by molar-refractivity contribution is 5.79. The zero-order valence-electron chi connectivity index (χ0n) is 12.9. The fourth-order valence-electron chi connectivity index (χ4n) is 2.06. The molecule has 0 radical (unpaired) electrons. The van der Waals surface area contributed by atoms with Gasteiger partial charge in [-0.2, -0.15) is 0 Å². The lowest BCUT2D eigenvalue weighted by atomic mass is 10.1. The summed E-state index contributed by atoms with van der Waals surface area (Å²) < 4.78 is 0. The number of carbonyl (C=O) groups excluding carboxylic acids is 1. The maximum absolute atomic E-state index is 11.9. The number of aryl methyl sites for hydroxylation is 1. The Morgan fingerprint density at radius 3 is 2.48 bits per heavy atom. The van der Waals surface area contributed by atoms with Crippen LogP contribution in [0.25, 0.3) is 0 Å². The molecule has 0 aliphatic carbocycles. The molecule has 2 N–H and O–H groups in total. The molecule has 0 atom stereocenters. The molecule has 116 valence electrons. The van der Waals surface area contributed by atoms with Crippen molar-refractivity contribution in [3.05, 3.63) is 35.4 Å². The number of carboxylic acid groups (broad SMARTS) is 1. The predicted octanol–water partition coefficient (Wildman–Crippen LogP) is 1.45. The van der Waals surface area contributed by atoms with E-state index in [0.29, 0.717) is 6.54 Å². The van der Waals surface area contributed by atoms with Gasteiger partial charge in [0.15, 0.2) is 0 Å². The van der Waals surface area contributed by atoms with Crippen molar-refractivity contribution in [1.29, 1.82) is 0 Å². The van der Waals surface area contributed by atoms with E-state index in [1.165, 1.54) is 11.1 Å². The van der Waals surface area contributed by atoms with Crippen LogP contribution in [0.4, 0.5) is 0 Å². The van der Waals surface area contributed by atoms with Crippen LogP contribution in [0.5, 0.6) is 0 Å². The molecule has 5 heteroatoms. The maximum atomic E-state index is 11.9. The Balaban J connectivity index is 2.39. The molecule has 0 saturated carbocycles. The van der Waals surface area contributed by atoms with E-state index < -0.39 is 5.97 Å². The highest BCUT2D eigenvalue weighted by atomic mass is 16.4. The first-order valence-electron chi connectivity index (χ1n) is 7.17. The second-order valence-electron chi connectivity index (χ2n) is 5.42. The third kappa shape index (κ3) is 6.40. The molecule has 0 heterocycles. The molecule has 5 nitrogen and oxygen atoms in total. The lowest BCUT2D eigenvalue weighted by Crippen LogP contribution is -2.43. The average Bonchev–Trinajstić information content (AvgIpc) is 2.39. The fraction of sp³-hybridized carbons (Fsp3) is 0.500. The first-order valence-corrected chi connectivity index (χ1v) is 7.17. The van der Waals surface area contributed by atoms with Gasteiger partial charge in [0.2, 0.25) is 5.91 Å². The topological polar surface area (TPSA) is 69.6 Å². The second-order valence-corrected chi connectivity index (χ2v) is 5.42. The average molecular weight is 292 g/mol. The van der Waals surface area contributed by atoms with Crippen LogP contribution in [0.2, 0.25) is 0 Å². The molecule has 0 bridgehead atoms. The molecule has 0 unspecified atom stereocenters. The van der Waals surface area contributed by atoms with Gasteiger partial charge in [-0.25, -0.2) is 0 Å². The van der Waals surface area contributed by atoms with Crippen LogP contribution >= 0.6 is 0 Å². The SMILES string of the molecule is Cc1ccccc1CCNC(=O)CN(CC(=O)O)C(C)C. The Hall–Kier alpha value is -1.88. The van der Waals surface area contributed by atoms with E-state index in [0.717, 1.165) is 6.42 Å². The summed E-state index contributed by atoms with van der Waals surface area (Å²) in [5.41, 5.74) is 2.42. The van der Waals surface area contributed by atoms with E-state index in [9.17, 15) is 9.59 Å². The van der Waals surface area contributed by atoms with Crippen molar-refractivity contribution in [2.45, 2.75) is 33.2 Å². The summed E-state index contributed by atoms with van der Waals surface area (Å²) in [5.74, 6) is -1.06. The summed E-state index contributed by atoms with van der Waals surface area (Å²) in [6.07, 6.45) is 0.777. The Bertz CT molecular complexity index is 486. The van der Waals surface area contributed by atoms with Gasteiger partial charge in [0.1, 0.15) is 0 Å². The molecule has 1 aromatic rings. The van der Waals surface area contributed by atoms with E-state index in [4.69, 9.17) is 5.11 Å². The van der Waals surface area contributed by atoms with Gasteiger partial charge in [0.25, 0.3) is 0 Å². The summed E-state index contributed by atoms with van der Waals surface area (Å²) in [6, 6.07) is 8.08. The third-order valence-corrected chi connectivity index (χ3v) is 3.39. The number of rotatable bonds is 8. The fourth-order valence-corrected chi connectivity index (χ4v) is 2.06. The van der Waals surface area contributed by atoms with Crippen molar-refractivity contribution in [3.8, 4) is 0 Å². The van der Waals surface area contributed by atoms with Gasteiger partial charge in [-0.1, -0.05) is 24.3 Å². The standard InChI is InChI=1S/C16H24N2O3/c1-12(2)18(11-16(20)21)10-15(19)17-9-8-14-7-5-4-6-13(14)3/h4-7,12H,8-11H2,1-3H3,(H,17,19)(H,20,21). The number of nitrogens with zero attached hydrogens (tertiary/aromatic N) is 1. The quantitative estimate of drug-likeness (QED) is 0.761. The van der Waals surface area contributed by atoms with Crippen LogP contribution < -0.4 is 5.32 Å². The zero-order valence-corrected chi connectivity index (χ0v) is 12.9. The van der Waals surface area contributed by atoms with Crippen molar-refractivity contribution in [2.75, 3.05) is 19.6 Å². The van der Waals surface area contributed by atoms with Crippen molar-refractivity contribution < 1.29 is 14.7 Å². The van der Waals surface area contributed by atoms with E-state index in [-0.39, 0.29) is 25.0 Å². The van der Waals surface area contributed by atoms with Gasteiger partial charge in [-0.05, 0) is 38.3 Å². The van der Waals surface area contributed by atoms with Crippen LogP contribution in [-0.4, -0.2) is 47.6 Å². The number of aliphatic carboxylic acids is 1. The summed E-state index contributed by atoms with van der Waals surface area (Å²) in [7, 11) is 0.